The van der Waals surface area contributed by atoms with E-state index in [1.807, 2.05) is 47.0 Å². The lowest BCUT2D eigenvalue weighted by molar-refractivity contribution is 0.0265. The maximum absolute atomic E-state index is 12.3. The molecule has 7 nitrogen and oxygen atoms in total. The van der Waals surface area contributed by atoms with E-state index in [0.717, 1.165) is 59.4 Å². The normalized spacial score (nSPS) is 14.7. The first-order valence-corrected chi connectivity index (χ1v) is 11.5. The van der Waals surface area contributed by atoms with Crippen molar-refractivity contribution in [3.05, 3.63) is 53.4 Å². The molecule has 1 aliphatic heterocycles. The quantitative estimate of drug-likeness (QED) is 0.451. The maximum Gasteiger partial charge on any atom is 0.410 e. The molecule has 33 heavy (non-hydrogen) atoms. The van der Waals surface area contributed by atoms with Crippen molar-refractivity contribution >= 4 is 17.1 Å². The fourth-order valence-corrected chi connectivity index (χ4v) is 4.13. The molecular formula is C26H33N3O4. The highest BCUT2D eigenvalue weighted by atomic mass is 16.6. The predicted molar refractivity (Wildman–Crippen MR) is 128 cm³/mol. The minimum Gasteiger partial charge on any atom is -0.464 e. The molecule has 2 aromatic heterocycles. The summed E-state index contributed by atoms with van der Waals surface area (Å²) in [6.45, 7) is 7.66. The Hall–Kier alpha value is -3.06. The third kappa shape index (κ3) is 5.47. The maximum atomic E-state index is 12.3. The molecule has 7 heteroatoms. The summed E-state index contributed by atoms with van der Waals surface area (Å²) in [7, 11) is 4.08. The van der Waals surface area contributed by atoms with Gasteiger partial charge in [0.2, 0.25) is 0 Å². The lowest BCUT2D eigenvalue weighted by atomic mass is 9.98. The molecule has 0 aliphatic carbocycles. The summed E-state index contributed by atoms with van der Waals surface area (Å²) in [6, 6.07) is 8.04. The van der Waals surface area contributed by atoms with Crippen LogP contribution in [0.3, 0.4) is 0 Å². The highest BCUT2D eigenvalue weighted by molar-refractivity contribution is 5.88. The molecule has 0 saturated heterocycles. The van der Waals surface area contributed by atoms with Crippen LogP contribution in [0.25, 0.3) is 22.3 Å². The largest absolute Gasteiger partial charge is 0.464 e. The number of carbonyl (C=O) groups excluding carboxylic acids is 1. The fraction of sp³-hybridized carbons (Fsp3) is 0.462. The van der Waals surface area contributed by atoms with E-state index in [4.69, 9.17) is 13.7 Å². The van der Waals surface area contributed by atoms with Crippen LogP contribution in [0.4, 0.5) is 4.79 Å². The average Bonchev–Trinajstić information content (AvgIpc) is 3.41. The number of aromatic nitrogens is 1. The first-order chi connectivity index (χ1) is 15.7. The second-order valence-electron chi connectivity index (χ2n) is 9.85. The Morgan fingerprint density at radius 2 is 2.03 bits per heavy atom. The van der Waals surface area contributed by atoms with E-state index in [-0.39, 0.29) is 6.09 Å². The van der Waals surface area contributed by atoms with Crippen LogP contribution in [-0.4, -0.2) is 53.8 Å². The SMILES string of the molecule is CN(C)Cc1c(-c2ccco2)ccc2c(CCC3=CCN(C(=O)OC(C)(C)C)CC3)noc12. The summed E-state index contributed by atoms with van der Waals surface area (Å²) >= 11 is 0. The number of ether oxygens (including phenoxy) is 1. The van der Waals surface area contributed by atoms with Gasteiger partial charge in [-0.15, -0.1) is 0 Å². The molecule has 1 amide bonds. The Bertz CT molecular complexity index is 1140. The van der Waals surface area contributed by atoms with Gasteiger partial charge in [0.1, 0.15) is 11.4 Å². The van der Waals surface area contributed by atoms with Gasteiger partial charge < -0.3 is 23.5 Å². The number of hydrogen-bond acceptors (Lipinski definition) is 6. The Morgan fingerprint density at radius 3 is 2.67 bits per heavy atom. The van der Waals surface area contributed by atoms with Gasteiger partial charge in [0.25, 0.3) is 0 Å². The lowest BCUT2D eigenvalue weighted by Crippen LogP contribution is -2.39. The Morgan fingerprint density at radius 1 is 1.21 bits per heavy atom. The second kappa shape index (κ2) is 9.43. The zero-order valence-electron chi connectivity index (χ0n) is 20.2. The van der Waals surface area contributed by atoms with Crippen molar-refractivity contribution in [1.82, 2.24) is 15.0 Å². The molecule has 176 valence electrons. The number of benzene rings is 1. The van der Waals surface area contributed by atoms with Gasteiger partial charge in [0.05, 0.1) is 12.0 Å². The second-order valence-corrected chi connectivity index (χ2v) is 9.85. The van der Waals surface area contributed by atoms with Crippen LogP contribution in [0, 0.1) is 0 Å². The molecule has 0 spiro atoms. The first kappa shape index (κ1) is 23.1. The number of rotatable bonds is 6. The summed E-state index contributed by atoms with van der Waals surface area (Å²) in [5.74, 6) is 0.827. The minimum absolute atomic E-state index is 0.249. The van der Waals surface area contributed by atoms with Crippen LogP contribution in [-0.2, 0) is 17.7 Å². The Balaban J connectivity index is 1.47. The highest BCUT2D eigenvalue weighted by Crippen LogP contribution is 2.33. The summed E-state index contributed by atoms with van der Waals surface area (Å²) in [6.07, 6.45) is 6.12. The van der Waals surface area contributed by atoms with E-state index in [9.17, 15) is 4.79 Å². The molecule has 1 aromatic carbocycles. The number of hydrogen-bond donors (Lipinski definition) is 0. The third-order valence-corrected chi connectivity index (χ3v) is 5.72. The summed E-state index contributed by atoms with van der Waals surface area (Å²) in [5.41, 5.74) is 4.76. The number of fused-ring (bicyclic) bond motifs is 1. The number of carbonyl (C=O) groups is 1. The molecule has 0 fully saturated rings. The van der Waals surface area contributed by atoms with Gasteiger partial charge in [-0.25, -0.2) is 4.79 Å². The van der Waals surface area contributed by atoms with Gasteiger partial charge in [-0.05, 0) is 78.4 Å². The van der Waals surface area contributed by atoms with Crippen LogP contribution in [0.1, 0.15) is 44.9 Å². The van der Waals surface area contributed by atoms with Crippen molar-refractivity contribution in [3.8, 4) is 11.3 Å². The minimum atomic E-state index is -0.475. The van der Waals surface area contributed by atoms with Gasteiger partial charge >= 0.3 is 6.09 Å². The molecule has 0 N–H and O–H groups in total. The van der Waals surface area contributed by atoms with Crippen LogP contribution in [0.2, 0.25) is 0 Å². The van der Waals surface area contributed by atoms with Crippen LogP contribution >= 0.6 is 0 Å². The van der Waals surface area contributed by atoms with Crippen molar-refractivity contribution in [2.75, 3.05) is 27.2 Å². The van der Waals surface area contributed by atoms with Crippen LogP contribution in [0.15, 0.2) is 51.1 Å². The van der Waals surface area contributed by atoms with E-state index in [1.165, 1.54) is 5.57 Å². The van der Waals surface area contributed by atoms with Gasteiger partial charge in [-0.3, -0.25) is 0 Å². The van der Waals surface area contributed by atoms with Crippen molar-refractivity contribution in [2.24, 2.45) is 0 Å². The van der Waals surface area contributed by atoms with Crippen molar-refractivity contribution < 1.29 is 18.5 Å². The van der Waals surface area contributed by atoms with Gasteiger partial charge in [0, 0.05) is 36.1 Å². The van der Waals surface area contributed by atoms with Gasteiger partial charge in [-0.2, -0.15) is 0 Å². The summed E-state index contributed by atoms with van der Waals surface area (Å²) < 4.78 is 17.0. The van der Waals surface area contributed by atoms with E-state index in [0.29, 0.717) is 13.1 Å². The fourth-order valence-electron chi connectivity index (χ4n) is 4.13. The Labute approximate surface area is 195 Å². The van der Waals surface area contributed by atoms with E-state index >= 15 is 0 Å². The number of amides is 1. The smallest absolute Gasteiger partial charge is 0.410 e. The standard InChI is InChI=1S/C26H33N3O4/c1-26(2,3)32-25(30)29-14-12-18(13-15-29)8-11-22-20-10-9-19(23-7-6-16-31-23)21(17-28(4)5)24(20)33-27-22/h6-7,9-10,12,16H,8,11,13-15,17H2,1-5H3. The molecule has 0 radical (unpaired) electrons. The van der Waals surface area contributed by atoms with E-state index < -0.39 is 5.60 Å². The molecule has 3 aromatic rings. The van der Waals surface area contributed by atoms with Crippen molar-refractivity contribution in [2.45, 2.75) is 52.2 Å². The number of aryl methyl sites for hydroxylation is 1. The average molecular weight is 452 g/mol. The third-order valence-electron chi connectivity index (χ3n) is 5.72. The molecule has 1 aliphatic rings. The number of nitrogens with zero attached hydrogens (tertiary/aromatic N) is 3. The molecule has 0 bridgehead atoms. The lowest BCUT2D eigenvalue weighted by Gasteiger charge is -2.29. The van der Waals surface area contributed by atoms with Crippen molar-refractivity contribution in [1.29, 1.82) is 0 Å². The Kier molecular flexibility index (Phi) is 6.61. The van der Waals surface area contributed by atoms with Gasteiger partial charge in [-0.1, -0.05) is 16.8 Å². The molecule has 0 atom stereocenters. The molecule has 4 rings (SSSR count). The molecule has 0 saturated carbocycles. The van der Waals surface area contributed by atoms with E-state index in [1.54, 1.807) is 11.2 Å². The van der Waals surface area contributed by atoms with Gasteiger partial charge in [0.15, 0.2) is 5.58 Å². The highest BCUT2D eigenvalue weighted by Gasteiger charge is 2.24. The predicted octanol–water partition coefficient (Wildman–Crippen LogP) is 5.65. The van der Waals surface area contributed by atoms with E-state index in [2.05, 4.69) is 28.3 Å². The van der Waals surface area contributed by atoms with Crippen molar-refractivity contribution in [3.63, 3.8) is 0 Å². The summed E-state index contributed by atoms with van der Waals surface area (Å²) in [4.78, 5) is 16.1. The zero-order valence-corrected chi connectivity index (χ0v) is 20.2. The molecule has 3 heterocycles. The number of furan rings is 1. The first-order valence-electron chi connectivity index (χ1n) is 11.5. The molecular weight excluding hydrogens is 418 g/mol. The monoisotopic (exact) mass is 451 g/mol. The zero-order chi connectivity index (χ0) is 23.6. The van der Waals surface area contributed by atoms with Crippen LogP contribution < -0.4 is 0 Å². The van der Waals surface area contributed by atoms with Crippen LogP contribution in [0.5, 0.6) is 0 Å². The summed E-state index contributed by atoms with van der Waals surface area (Å²) in [5, 5.41) is 5.47. The topological polar surface area (TPSA) is 72.0 Å². The molecule has 0 unspecified atom stereocenters.